The number of likely N-dealkylation sites (N-methyl/N-ethyl adjacent to an activating group) is 1. The maximum atomic E-state index is 13.9. The number of urea groups is 1. The van der Waals surface area contributed by atoms with E-state index >= 15 is 0 Å². The lowest BCUT2D eigenvalue weighted by atomic mass is 9.85. The summed E-state index contributed by atoms with van der Waals surface area (Å²) >= 11 is 1.69. The molecule has 2 saturated heterocycles. The first-order valence-electron chi connectivity index (χ1n) is 12.5. The standard InChI is InChI=1S/C28H30N4O2S/c1-2-31-27(34)32(23-16-21-10-6-7-11-22(21)17-23)26(33)28(31)12-14-30(15-13-28)18-25-29-24(19-35-25)20-8-4-3-5-9-20/h3-11,19,23H,2,12-18H2,1H3. The second-order valence-corrected chi connectivity index (χ2v) is 10.8. The third kappa shape index (κ3) is 3.78. The summed E-state index contributed by atoms with van der Waals surface area (Å²) in [5.74, 6) is 0.0161. The highest BCUT2D eigenvalue weighted by Gasteiger charge is 2.59. The van der Waals surface area contributed by atoms with Crippen molar-refractivity contribution in [1.29, 1.82) is 0 Å². The number of piperidine rings is 1. The molecule has 2 aliphatic heterocycles. The van der Waals surface area contributed by atoms with E-state index in [-0.39, 0.29) is 18.0 Å². The lowest BCUT2D eigenvalue weighted by molar-refractivity contribution is -0.137. The van der Waals surface area contributed by atoms with Crippen LogP contribution in [0.3, 0.4) is 0 Å². The number of benzene rings is 2. The van der Waals surface area contributed by atoms with Crippen molar-refractivity contribution in [2.45, 2.75) is 50.7 Å². The lowest BCUT2D eigenvalue weighted by Gasteiger charge is -2.41. The molecule has 6 nitrogen and oxygen atoms in total. The quantitative estimate of drug-likeness (QED) is 0.495. The molecule has 1 spiro atoms. The minimum Gasteiger partial charge on any atom is -0.310 e. The minimum atomic E-state index is -0.699. The zero-order valence-electron chi connectivity index (χ0n) is 20.0. The molecule has 7 heteroatoms. The molecule has 2 aromatic carbocycles. The van der Waals surface area contributed by atoms with Gasteiger partial charge in [-0.3, -0.25) is 14.6 Å². The molecule has 6 rings (SSSR count). The van der Waals surface area contributed by atoms with E-state index in [0.717, 1.165) is 48.7 Å². The number of rotatable bonds is 5. The number of amides is 3. The monoisotopic (exact) mass is 486 g/mol. The van der Waals surface area contributed by atoms with Gasteiger partial charge in [0.25, 0.3) is 5.91 Å². The van der Waals surface area contributed by atoms with E-state index in [1.807, 2.05) is 42.2 Å². The highest BCUT2D eigenvalue weighted by molar-refractivity contribution is 7.09. The number of imide groups is 1. The van der Waals surface area contributed by atoms with Crippen LogP contribution < -0.4 is 0 Å². The Balaban J connectivity index is 1.15. The predicted octanol–water partition coefficient (Wildman–Crippen LogP) is 4.60. The van der Waals surface area contributed by atoms with E-state index in [1.165, 1.54) is 11.1 Å². The summed E-state index contributed by atoms with van der Waals surface area (Å²) in [7, 11) is 0. The minimum absolute atomic E-state index is 0.0161. The van der Waals surface area contributed by atoms with Crippen LogP contribution in [0.1, 0.15) is 35.9 Å². The largest absolute Gasteiger partial charge is 0.327 e. The van der Waals surface area contributed by atoms with Crippen molar-refractivity contribution in [2.24, 2.45) is 0 Å². The molecule has 1 aromatic heterocycles. The number of fused-ring (bicyclic) bond motifs is 1. The SMILES string of the molecule is CCN1C(=O)N(C2Cc3ccccc3C2)C(=O)C12CCN(Cc1nc(-c3ccccc3)cs1)CC2. The van der Waals surface area contributed by atoms with Crippen molar-refractivity contribution in [1.82, 2.24) is 19.7 Å². The van der Waals surface area contributed by atoms with Crippen molar-refractivity contribution in [3.63, 3.8) is 0 Å². The van der Waals surface area contributed by atoms with E-state index in [0.29, 0.717) is 19.4 Å². The number of thiazole rings is 1. The zero-order chi connectivity index (χ0) is 24.0. The highest BCUT2D eigenvalue weighted by Crippen LogP contribution is 2.40. The van der Waals surface area contributed by atoms with Crippen LogP contribution in [0.2, 0.25) is 0 Å². The van der Waals surface area contributed by atoms with Crippen LogP contribution in [0.15, 0.2) is 60.0 Å². The molecule has 3 amide bonds. The van der Waals surface area contributed by atoms with Gasteiger partial charge in [-0.25, -0.2) is 9.78 Å². The molecule has 1 aliphatic carbocycles. The number of likely N-dealkylation sites (tertiary alicyclic amines) is 1. The van der Waals surface area contributed by atoms with Gasteiger partial charge in [-0.2, -0.15) is 0 Å². The van der Waals surface area contributed by atoms with Gasteiger partial charge in [-0.1, -0.05) is 54.6 Å². The van der Waals surface area contributed by atoms with Crippen LogP contribution in [0.5, 0.6) is 0 Å². The Kier molecular flexibility index (Phi) is 5.69. The van der Waals surface area contributed by atoms with Crippen LogP contribution in [0, 0.1) is 0 Å². The Labute approximate surface area is 210 Å². The number of aromatic nitrogens is 1. The Hall–Kier alpha value is -3.03. The highest BCUT2D eigenvalue weighted by atomic mass is 32.1. The molecule has 3 aliphatic rings. The number of carbonyl (C=O) groups is 2. The van der Waals surface area contributed by atoms with E-state index in [9.17, 15) is 9.59 Å². The molecule has 0 saturated carbocycles. The summed E-state index contributed by atoms with van der Waals surface area (Å²) in [5, 5.41) is 3.21. The van der Waals surface area contributed by atoms with Gasteiger partial charge in [0.15, 0.2) is 0 Å². The second kappa shape index (κ2) is 8.88. The first-order valence-corrected chi connectivity index (χ1v) is 13.4. The molecule has 0 N–H and O–H groups in total. The average Bonchev–Trinajstić information content (AvgIpc) is 3.57. The summed E-state index contributed by atoms with van der Waals surface area (Å²) in [6.45, 7) is 4.91. The second-order valence-electron chi connectivity index (χ2n) is 9.83. The smallest absolute Gasteiger partial charge is 0.310 e. The molecule has 35 heavy (non-hydrogen) atoms. The fraction of sp³-hybridized carbons (Fsp3) is 0.393. The zero-order valence-corrected chi connectivity index (χ0v) is 20.8. The van der Waals surface area contributed by atoms with Crippen molar-refractivity contribution < 1.29 is 9.59 Å². The van der Waals surface area contributed by atoms with Crippen LogP contribution in [-0.2, 0) is 24.2 Å². The van der Waals surface area contributed by atoms with Crippen LogP contribution in [0.4, 0.5) is 4.79 Å². The number of nitrogens with zero attached hydrogens (tertiary/aromatic N) is 4. The van der Waals surface area contributed by atoms with Gasteiger partial charge in [0, 0.05) is 36.6 Å². The molecule has 0 unspecified atom stereocenters. The Bertz CT molecular complexity index is 1220. The molecule has 2 fully saturated rings. The van der Waals surface area contributed by atoms with Gasteiger partial charge in [0.1, 0.15) is 10.5 Å². The topological polar surface area (TPSA) is 56.8 Å². The lowest BCUT2D eigenvalue weighted by Crippen LogP contribution is -2.56. The van der Waals surface area contributed by atoms with E-state index in [2.05, 4.69) is 34.5 Å². The van der Waals surface area contributed by atoms with Gasteiger partial charge in [0.05, 0.1) is 12.2 Å². The first-order chi connectivity index (χ1) is 17.1. The summed E-state index contributed by atoms with van der Waals surface area (Å²) in [4.78, 5) is 38.0. The molecule has 180 valence electrons. The Morgan fingerprint density at radius 1 is 0.971 bits per heavy atom. The third-order valence-electron chi connectivity index (χ3n) is 7.94. The molecular formula is C28H30N4O2S. The summed E-state index contributed by atoms with van der Waals surface area (Å²) in [5.41, 5.74) is 3.97. The van der Waals surface area contributed by atoms with Gasteiger partial charge in [-0.05, 0) is 43.7 Å². The molecular weight excluding hydrogens is 456 g/mol. The fourth-order valence-electron chi connectivity index (χ4n) is 6.10. The molecule has 3 aromatic rings. The Morgan fingerprint density at radius 3 is 2.29 bits per heavy atom. The Morgan fingerprint density at radius 2 is 1.63 bits per heavy atom. The molecule has 0 atom stereocenters. The summed E-state index contributed by atoms with van der Waals surface area (Å²) in [6, 6.07) is 18.4. The van der Waals surface area contributed by atoms with Crippen molar-refractivity contribution >= 4 is 23.3 Å². The van der Waals surface area contributed by atoms with Gasteiger partial charge in [0.2, 0.25) is 0 Å². The van der Waals surface area contributed by atoms with Crippen molar-refractivity contribution in [2.75, 3.05) is 19.6 Å². The van der Waals surface area contributed by atoms with Gasteiger partial charge >= 0.3 is 6.03 Å². The van der Waals surface area contributed by atoms with E-state index in [4.69, 9.17) is 4.98 Å². The normalized spacial score (nSPS) is 20.3. The number of hydrogen-bond donors (Lipinski definition) is 0. The van der Waals surface area contributed by atoms with Crippen molar-refractivity contribution in [3.8, 4) is 11.3 Å². The van der Waals surface area contributed by atoms with Crippen LogP contribution in [-0.4, -0.2) is 62.8 Å². The van der Waals surface area contributed by atoms with E-state index < -0.39 is 5.54 Å². The first kappa shape index (κ1) is 22.4. The fourth-order valence-corrected chi connectivity index (χ4v) is 6.94. The number of carbonyl (C=O) groups excluding carboxylic acids is 2. The maximum Gasteiger partial charge on any atom is 0.327 e. The van der Waals surface area contributed by atoms with Crippen molar-refractivity contribution in [3.05, 3.63) is 76.1 Å². The van der Waals surface area contributed by atoms with Gasteiger partial charge < -0.3 is 4.90 Å². The molecule has 3 heterocycles. The molecule has 0 bridgehead atoms. The maximum absolute atomic E-state index is 13.9. The van der Waals surface area contributed by atoms with Crippen LogP contribution >= 0.6 is 11.3 Å². The average molecular weight is 487 g/mol. The third-order valence-corrected chi connectivity index (χ3v) is 8.78. The molecule has 0 radical (unpaired) electrons. The summed E-state index contributed by atoms with van der Waals surface area (Å²) in [6.07, 6.45) is 2.89. The van der Waals surface area contributed by atoms with Gasteiger partial charge in [-0.15, -0.1) is 11.3 Å². The predicted molar refractivity (Wildman–Crippen MR) is 137 cm³/mol. The number of hydrogen-bond acceptors (Lipinski definition) is 5. The summed E-state index contributed by atoms with van der Waals surface area (Å²) < 4.78 is 0. The van der Waals surface area contributed by atoms with Crippen LogP contribution in [0.25, 0.3) is 11.3 Å². The van der Waals surface area contributed by atoms with E-state index in [1.54, 1.807) is 16.2 Å².